The van der Waals surface area contributed by atoms with Crippen LogP contribution in [0.5, 0.6) is 0 Å². The van der Waals surface area contributed by atoms with Crippen molar-refractivity contribution in [3.63, 3.8) is 0 Å². The molecular weight excluding hydrogens is 302 g/mol. The fourth-order valence-electron chi connectivity index (χ4n) is 2.24. The first-order chi connectivity index (χ1) is 9.65. The van der Waals surface area contributed by atoms with Crippen LogP contribution in [0.4, 0.5) is 8.78 Å². The van der Waals surface area contributed by atoms with Gasteiger partial charge in [0, 0.05) is 19.6 Å². The van der Waals surface area contributed by atoms with Crippen molar-refractivity contribution in [3.05, 3.63) is 35.7 Å². The number of nitrogens with zero attached hydrogens (tertiary/aromatic N) is 3. The van der Waals surface area contributed by atoms with Crippen LogP contribution in [0.15, 0.2) is 22.7 Å². The van der Waals surface area contributed by atoms with Gasteiger partial charge in [-0.25, -0.2) is 8.78 Å². The van der Waals surface area contributed by atoms with E-state index in [1.807, 2.05) is 7.05 Å². The summed E-state index contributed by atoms with van der Waals surface area (Å²) < 4.78 is 31.9. The highest BCUT2D eigenvalue weighted by atomic mass is 35.5. The van der Waals surface area contributed by atoms with Crippen LogP contribution in [0.1, 0.15) is 11.9 Å². The normalized spacial score (nSPS) is 19.3. The summed E-state index contributed by atoms with van der Waals surface area (Å²) in [7, 11) is 1.96. The first-order valence-electron chi connectivity index (χ1n) is 6.35. The van der Waals surface area contributed by atoms with Crippen molar-refractivity contribution in [1.82, 2.24) is 20.4 Å². The lowest BCUT2D eigenvalue weighted by Crippen LogP contribution is -2.44. The zero-order valence-corrected chi connectivity index (χ0v) is 12.2. The van der Waals surface area contributed by atoms with Gasteiger partial charge in [-0.2, -0.15) is 4.98 Å². The van der Waals surface area contributed by atoms with E-state index >= 15 is 0 Å². The van der Waals surface area contributed by atoms with Gasteiger partial charge < -0.3 is 9.84 Å². The lowest BCUT2D eigenvalue weighted by molar-refractivity contribution is 0.190. The lowest BCUT2D eigenvalue weighted by atomic mass is 10.2. The molecule has 0 bridgehead atoms. The second kappa shape index (κ2) is 6.46. The van der Waals surface area contributed by atoms with Crippen LogP contribution < -0.4 is 5.32 Å². The van der Waals surface area contributed by atoms with Gasteiger partial charge in [-0.1, -0.05) is 5.16 Å². The largest absolute Gasteiger partial charge is 0.334 e. The van der Waals surface area contributed by atoms with E-state index in [0.29, 0.717) is 12.4 Å². The Kier molecular flexibility index (Phi) is 4.87. The molecule has 21 heavy (non-hydrogen) atoms. The third kappa shape index (κ3) is 3.20. The Morgan fingerprint density at radius 3 is 2.95 bits per heavy atom. The van der Waals surface area contributed by atoms with Crippen molar-refractivity contribution in [1.29, 1.82) is 0 Å². The van der Waals surface area contributed by atoms with E-state index in [2.05, 4.69) is 20.4 Å². The molecule has 0 aliphatic carbocycles. The minimum atomic E-state index is -0.586. The van der Waals surface area contributed by atoms with Gasteiger partial charge in [-0.3, -0.25) is 4.90 Å². The summed E-state index contributed by atoms with van der Waals surface area (Å²) in [6.45, 7) is 2.46. The minimum Gasteiger partial charge on any atom is -0.334 e. The molecule has 0 saturated carbocycles. The predicted octanol–water partition coefficient (Wildman–Crippen LogP) is 2.01. The summed E-state index contributed by atoms with van der Waals surface area (Å²) in [6, 6.07) is 3.12. The van der Waals surface area contributed by atoms with E-state index in [1.54, 1.807) is 0 Å². The first-order valence-corrected chi connectivity index (χ1v) is 6.35. The maximum Gasteiger partial charge on any atom is 0.261 e. The Balaban J connectivity index is 0.00000161. The van der Waals surface area contributed by atoms with Crippen molar-refractivity contribution in [2.75, 3.05) is 26.7 Å². The Morgan fingerprint density at radius 1 is 1.38 bits per heavy atom. The quantitative estimate of drug-likeness (QED) is 0.918. The Bertz CT molecular complexity index is 622. The van der Waals surface area contributed by atoms with Crippen molar-refractivity contribution < 1.29 is 13.3 Å². The van der Waals surface area contributed by atoms with Gasteiger partial charge in [0.1, 0.15) is 11.6 Å². The molecule has 1 fully saturated rings. The predicted molar refractivity (Wildman–Crippen MR) is 75.1 cm³/mol. The van der Waals surface area contributed by atoms with Gasteiger partial charge in [0.05, 0.1) is 11.6 Å². The number of hydrogen-bond acceptors (Lipinski definition) is 5. The highest BCUT2D eigenvalue weighted by molar-refractivity contribution is 5.85. The molecule has 1 unspecified atom stereocenters. The second-order valence-electron chi connectivity index (χ2n) is 4.78. The maximum atomic E-state index is 13.7. The van der Waals surface area contributed by atoms with Crippen LogP contribution >= 0.6 is 12.4 Å². The molecule has 1 aliphatic heterocycles. The van der Waals surface area contributed by atoms with Gasteiger partial charge in [0.25, 0.3) is 5.89 Å². The highest BCUT2D eigenvalue weighted by Crippen LogP contribution is 2.25. The smallest absolute Gasteiger partial charge is 0.261 e. The van der Waals surface area contributed by atoms with E-state index in [0.717, 1.165) is 31.3 Å². The van der Waals surface area contributed by atoms with E-state index in [4.69, 9.17) is 4.52 Å². The third-order valence-electron chi connectivity index (χ3n) is 3.41. The van der Waals surface area contributed by atoms with Crippen LogP contribution in [0, 0.1) is 11.6 Å². The average molecular weight is 317 g/mol. The molecule has 2 heterocycles. The van der Waals surface area contributed by atoms with E-state index in [1.165, 1.54) is 0 Å². The molecule has 1 aliphatic rings. The summed E-state index contributed by atoms with van der Waals surface area (Å²) in [5.74, 6) is -0.663. The number of rotatable bonds is 2. The summed E-state index contributed by atoms with van der Waals surface area (Å²) in [4.78, 5) is 6.28. The molecule has 3 rings (SSSR count). The minimum absolute atomic E-state index is 0. The second-order valence-corrected chi connectivity index (χ2v) is 4.78. The standard InChI is InChI=1S/C13H14F2N4O.ClH/c1-19-5-4-16-7-11(19)12-17-13(20-18-12)9-6-8(14)2-3-10(9)15;/h2-3,6,11,16H,4-5,7H2,1H3;1H. The van der Waals surface area contributed by atoms with Crippen LogP contribution in [-0.4, -0.2) is 41.7 Å². The SMILES string of the molecule is CN1CCNCC1c1noc(-c2cc(F)ccc2F)n1.Cl. The number of likely N-dealkylation sites (N-methyl/N-ethyl adjacent to an activating group) is 1. The summed E-state index contributed by atoms with van der Waals surface area (Å²) in [5.41, 5.74) is -0.0184. The van der Waals surface area contributed by atoms with E-state index < -0.39 is 11.6 Å². The third-order valence-corrected chi connectivity index (χ3v) is 3.41. The van der Waals surface area contributed by atoms with Crippen LogP contribution in [-0.2, 0) is 0 Å². The number of hydrogen-bond donors (Lipinski definition) is 1. The maximum absolute atomic E-state index is 13.7. The Morgan fingerprint density at radius 2 is 2.19 bits per heavy atom. The van der Waals surface area contributed by atoms with E-state index in [9.17, 15) is 8.78 Å². The van der Waals surface area contributed by atoms with Gasteiger partial charge in [-0.05, 0) is 25.2 Å². The van der Waals surface area contributed by atoms with Crippen molar-refractivity contribution in [2.24, 2.45) is 0 Å². The van der Waals surface area contributed by atoms with Crippen LogP contribution in [0.3, 0.4) is 0 Å². The Labute approximate surface area is 126 Å². The molecule has 1 saturated heterocycles. The summed E-state index contributed by atoms with van der Waals surface area (Å²) in [5, 5.41) is 7.12. The van der Waals surface area contributed by atoms with E-state index in [-0.39, 0.29) is 29.9 Å². The van der Waals surface area contributed by atoms with Crippen molar-refractivity contribution in [3.8, 4) is 11.5 Å². The molecule has 1 aromatic heterocycles. The van der Waals surface area contributed by atoms with Crippen LogP contribution in [0.25, 0.3) is 11.5 Å². The summed E-state index contributed by atoms with van der Waals surface area (Å²) in [6.07, 6.45) is 0. The number of piperazine rings is 1. The molecule has 1 aromatic carbocycles. The molecule has 114 valence electrons. The topological polar surface area (TPSA) is 54.2 Å². The fraction of sp³-hybridized carbons (Fsp3) is 0.385. The number of nitrogens with one attached hydrogen (secondary N) is 1. The molecule has 2 aromatic rings. The Hall–Kier alpha value is -1.57. The molecule has 8 heteroatoms. The molecular formula is C13H15ClF2N4O. The average Bonchev–Trinajstić information content (AvgIpc) is 2.91. The number of aromatic nitrogens is 2. The molecule has 0 amide bonds. The molecule has 1 N–H and O–H groups in total. The molecule has 0 radical (unpaired) electrons. The summed E-state index contributed by atoms with van der Waals surface area (Å²) >= 11 is 0. The number of benzene rings is 1. The zero-order chi connectivity index (χ0) is 14.1. The highest BCUT2D eigenvalue weighted by Gasteiger charge is 2.26. The van der Waals surface area contributed by atoms with Crippen LogP contribution in [0.2, 0.25) is 0 Å². The van der Waals surface area contributed by atoms with Gasteiger partial charge in [0.2, 0.25) is 0 Å². The molecule has 5 nitrogen and oxygen atoms in total. The van der Waals surface area contributed by atoms with Crippen molar-refractivity contribution >= 4 is 12.4 Å². The zero-order valence-electron chi connectivity index (χ0n) is 11.3. The molecule has 0 spiro atoms. The lowest BCUT2D eigenvalue weighted by Gasteiger charge is -2.30. The van der Waals surface area contributed by atoms with Gasteiger partial charge in [-0.15, -0.1) is 12.4 Å². The number of halogens is 3. The van der Waals surface area contributed by atoms with Gasteiger partial charge >= 0.3 is 0 Å². The first kappa shape index (κ1) is 15.8. The van der Waals surface area contributed by atoms with Gasteiger partial charge in [0.15, 0.2) is 5.82 Å². The monoisotopic (exact) mass is 316 g/mol. The van der Waals surface area contributed by atoms with Crippen molar-refractivity contribution in [2.45, 2.75) is 6.04 Å². The molecule has 1 atom stereocenters. The fourth-order valence-corrected chi connectivity index (χ4v) is 2.24.